The standard InChI is InChI=1S/C19H25BO2S.C13H14S/c1-18(2)19(3,4)22-20(21-18)17-13-16(14-23-17)12-8-11-15-9-6-5-7-10-15;1-2-5-12(6-3-1)7-4-8-13-9-10-14-11-13/h5-7,9-10,13-14H,8,11-12H2,1-4H3;1-3,5-6,9-11H,4,7-8H2. The largest absolute Gasteiger partial charge is 0.505 e. The Balaban J connectivity index is 0.000000195. The topological polar surface area (TPSA) is 18.5 Å². The van der Waals surface area contributed by atoms with Crippen LogP contribution in [0, 0.1) is 0 Å². The van der Waals surface area contributed by atoms with Crippen LogP contribution in [-0.2, 0) is 35.0 Å². The van der Waals surface area contributed by atoms with E-state index in [0.29, 0.717) is 0 Å². The number of benzene rings is 2. The molecule has 0 N–H and O–H groups in total. The third-order valence-corrected chi connectivity index (χ3v) is 9.02. The average molecular weight is 531 g/mol. The first-order chi connectivity index (χ1) is 17.8. The van der Waals surface area contributed by atoms with Gasteiger partial charge in [-0.2, -0.15) is 22.7 Å². The molecule has 5 rings (SSSR count). The van der Waals surface area contributed by atoms with Gasteiger partial charge < -0.3 is 9.31 Å². The first kappa shape index (κ1) is 27.8. The van der Waals surface area contributed by atoms with Crippen LogP contribution >= 0.6 is 22.7 Å². The zero-order valence-electron chi connectivity index (χ0n) is 22.6. The SMILES string of the molecule is CC1(C)OB(c2cc(CCCc3ccccc3)cs2)OC1(C)C.c1ccc(CCCc2ccsc2)cc1. The van der Waals surface area contributed by atoms with Crippen molar-refractivity contribution < 1.29 is 9.31 Å². The molecule has 3 heterocycles. The molecule has 5 heteroatoms. The van der Waals surface area contributed by atoms with Gasteiger partial charge in [-0.15, -0.1) is 0 Å². The predicted molar refractivity (Wildman–Crippen MR) is 161 cm³/mol. The van der Waals surface area contributed by atoms with Gasteiger partial charge in [0.25, 0.3) is 0 Å². The highest BCUT2D eigenvalue weighted by Gasteiger charge is 2.52. The van der Waals surface area contributed by atoms with Crippen molar-refractivity contribution in [1.82, 2.24) is 0 Å². The molecule has 0 aliphatic carbocycles. The summed E-state index contributed by atoms with van der Waals surface area (Å²) < 4.78 is 13.4. The van der Waals surface area contributed by atoms with Gasteiger partial charge in [0.05, 0.1) is 11.2 Å². The lowest BCUT2D eigenvalue weighted by molar-refractivity contribution is 0.00578. The van der Waals surface area contributed by atoms with Crippen molar-refractivity contribution in [3.63, 3.8) is 0 Å². The van der Waals surface area contributed by atoms with E-state index in [9.17, 15) is 0 Å². The summed E-state index contributed by atoms with van der Waals surface area (Å²) in [7, 11) is -0.229. The molecule has 1 aliphatic rings. The molecule has 0 unspecified atom stereocenters. The zero-order chi connectivity index (χ0) is 26.1. The number of rotatable bonds is 9. The molecule has 194 valence electrons. The Hall–Kier alpha value is -2.18. The molecule has 0 spiro atoms. The highest BCUT2D eigenvalue weighted by molar-refractivity contribution is 7.20. The Morgan fingerprint density at radius 1 is 0.622 bits per heavy atom. The molecule has 0 atom stereocenters. The van der Waals surface area contributed by atoms with Crippen molar-refractivity contribution in [1.29, 1.82) is 0 Å². The van der Waals surface area contributed by atoms with Crippen molar-refractivity contribution in [3.8, 4) is 0 Å². The molecule has 1 fully saturated rings. The van der Waals surface area contributed by atoms with Gasteiger partial charge in [0.2, 0.25) is 0 Å². The van der Waals surface area contributed by atoms with Crippen molar-refractivity contribution in [2.75, 3.05) is 0 Å². The van der Waals surface area contributed by atoms with Crippen LogP contribution in [-0.4, -0.2) is 18.3 Å². The lowest BCUT2D eigenvalue weighted by Crippen LogP contribution is -2.41. The number of hydrogen-bond acceptors (Lipinski definition) is 4. The summed E-state index contributed by atoms with van der Waals surface area (Å²) in [4.78, 5) is 0. The molecule has 2 aromatic carbocycles. The Bertz CT molecular complexity index is 1170. The van der Waals surface area contributed by atoms with Crippen molar-refractivity contribution in [2.24, 2.45) is 0 Å². The van der Waals surface area contributed by atoms with E-state index in [1.807, 2.05) is 0 Å². The number of aryl methyl sites for hydroxylation is 4. The maximum Gasteiger partial charge on any atom is 0.505 e. The quantitative estimate of drug-likeness (QED) is 0.203. The van der Waals surface area contributed by atoms with Gasteiger partial charge in [-0.3, -0.25) is 0 Å². The smallest absolute Gasteiger partial charge is 0.399 e. The summed E-state index contributed by atoms with van der Waals surface area (Å²) in [6.45, 7) is 8.39. The predicted octanol–water partition coefficient (Wildman–Crippen LogP) is 8.15. The maximum atomic E-state index is 6.13. The van der Waals surface area contributed by atoms with Gasteiger partial charge in [0, 0.05) is 4.78 Å². The lowest BCUT2D eigenvalue weighted by atomic mass is 9.87. The maximum absolute atomic E-state index is 6.13. The zero-order valence-corrected chi connectivity index (χ0v) is 24.2. The molecule has 0 saturated carbocycles. The molecule has 0 radical (unpaired) electrons. The molecular formula is C32H39BO2S2. The fraction of sp³-hybridized carbons (Fsp3) is 0.375. The Morgan fingerprint density at radius 2 is 1.14 bits per heavy atom. The van der Waals surface area contributed by atoms with Gasteiger partial charge in [-0.25, -0.2) is 0 Å². The minimum absolute atomic E-state index is 0.229. The van der Waals surface area contributed by atoms with E-state index >= 15 is 0 Å². The van der Waals surface area contributed by atoms with E-state index < -0.39 is 0 Å². The van der Waals surface area contributed by atoms with Crippen molar-refractivity contribution in [3.05, 3.63) is 111 Å². The van der Waals surface area contributed by atoms with Gasteiger partial charge >= 0.3 is 7.12 Å². The molecule has 1 aliphatic heterocycles. The Morgan fingerprint density at radius 3 is 1.65 bits per heavy atom. The minimum atomic E-state index is -0.269. The number of hydrogen-bond donors (Lipinski definition) is 0. The summed E-state index contributed by atoms with van der Waals surface area (Å²) in [6, 6.07) is 25.8. The van der Waals surface area contributed by atoms with Crippen LogP contribution in [0.3, 0.4) is 0 Å². The normalized spacial score (nSPS) is 15.8. The second-order valence-electron chi connectivity index (χ2n) is 10.8. The fourth-order valence-corrected chi connectivity index (χ4v) is 5.93. The van der Waals surface area contributed by atoms with Gasteiger partial charge in [-0.05, 0) is 117 Å². The first-order valence-electron chi connectivity index (χ1n) is 13.3. The summed E-state index contributed by atoms with van der Waals surface area (Å²) in [6.07, 6.45) is 7.05. The average Bonchev–Trinajstić information content (AvgIpc) is 3.61. The first-order valence-corrected chi connectivity index (χ1v) is 15.2. The molecule has 0 amide bonds. The van der Waals surface area contributed by atoms with Crippen molar-refractivity contribution in [2.45, 2.75) is 77.4 Å². The van der Waals surface area contributed by atoms with Gasteiger partial charge in [-0.1, -0.05) is 60.7 Å². The van der Waals surface area contributed by atoms with E-state index in [-0.39, 0.29) is 18.3 Å². The number of thiophene rings is 2. The van der Waals surface area contributed by atoms with Gasteiger partial charge in [0.1, 0.15) is 0 Å². The monoisotopic (exact) mass is 530 g/mol. The highest BCUT2D eigenvalue weighted by atomic mass is 32.1. The minimum Gasteiger partial charge on any atom is -0.399 e. The molecular weight excluding hydrogens is 491 g/mol. The highest BCUT2D eigenvalue weighted by Crippen LogP contribution is 2.37. The molecule has 37 heavy (non-hydrogen) atoms. The molecule has 2 nitrogen and oxygen atoms in total. The fourth-order valence-electron chi connectivity index (χ4n) is 4.33. The van der Waals surface area contributed by atoms with E-state index in [0.717, 1.165) is 12.8 Å². The summed E-state index contributed by atoms with van der Waals surface area (Å²) >= 11 is 3.53. The van der Waals surface area contributed by atoms with E-state index in [4.69, 9.17) is 9.31 Å². The van der Waals surface area contributed by atoms with E-state index in [1.54, 1.807) is 22.7 Å². The van der Waals surface area contributed by atoms with E-state index in [1.165, 1.54) is 52.7 Å². The van der Waals surface area contributed by atoms with Crippen LogP contribution < -0.4 is 4.78 Å². The second-order valence-corrected chi connectivity index (χ2v) is 12.5. The van der Waals surface area contributed by atoms with Crippen LogP contribution in [0.5, 0.6) is 0 Å². The third kappa shape index (κ3) is 8.15. The van der Waals surface area contributed by atoms with Crippen LogP contribution in [0.2, 0.25) is 0 Å². The summed E-state index contributed by atoms with van der Waals surface area (Å²) in [5.74, 6) is 0. The lowest BCUT2D eigenvalue weighted by Gasteiger charge is -2.32. The van der Waals surface area contributed by atoms with Crippen LogP contribution in [0.4, 0.5) is 0 Å². The Labute approximate surface area is 231 Å². The van der Waals surface area contributed by atoms with Crippen LogP contribution in [0.1, 0.15) is 62.8 Å². The van der Waals surface area contributed by atoms with Crippen LogP contribution in [0.15, 0.2) is 88.9 Å². The van der Waals surface area contributed by atoms with Crippen LogP contribution in [0.25, 0.3) is 0 Å². The summed E-state index contributed by atoms with van der Waals surface area (Å²) in [5, 5.41) is 6.63. The second kappa shape index (κ2) is 13.1. The molecule has 4 aromatic rings. The molecule has 2 aromatic heterocycles. The van der Waals surface area contributed by atoms with Crippen molar-refractivity contribution >= 4 is 34.6 Å². The van der Waals surface area contributed by atoms with E-state index in [2.05, 4.69) is 117 Å². The Kier molecular flexibility index (Phi) is 9.83. The summed E-state index contributed by atoms with van der Waals surface area (Å²) in [5.41, 5.74) is 5.18. The third-order valence-electron chi connectivity index (χ3n) is 7.29. The molecule has 0 bridgehead atoms. The molecule has 1 saturated heterocycles. The van der Waals surface area contributed by atoms with Gasteiger partial charge in [0.15, 0.2) is 0 Å².